The molecule has 1 aliphatic heterocycles. The van der Waals surface area contributed by atoms with Gasteiger partial charge in [0.1, 0.15) is 18.1 Å². The average molecular weight is 232 g/mol. The van der Waals surface area contributed by atoms with E-state index >= 15 is 0 Å². The Bertz CT molecular complexity index is 420. The number of nitrogens with one attached hydrogen (secondary N) is 1. The van der Waals surface area contributed by atoms with Crippen molar-refractivity contribution < 1.29 is 9.47 Å². The Morgan fingerprint density at radius 3 is 2.88 bits per heavy atom. The zero-order valence-corrected chi connectivity index (χ0v) is 9.90. The fourth-order valence-electron chi connectivity index (χ4n) is 1.93. The maximum absolute atomic E-state index is 8.89. The van der Waals surface area contributed by atoms with E-state index in [9.17, 15) is 0 Å². The van der Waals surface area contributed by atoms with E-state index in [2.05, 4.69) is 11.4 Å². The van der Waals surface area contributed by atoms with Crippen LogP contribution in [0.4, 0.5) is 0 Å². The van der Waals surface area contributed by atoms with Crippen LogP contribution in [0.3, 0.4) is 0 Å². The molecule has 1 atom stereocenters. The first-order valence-corrected chi connectivity index (χ1v) is 5.77. The van der Waals surface area contributed by atoms with E-state index in [0.717, 1.165) is 13.0 Å². The molecule has 0 spiro atoms. The van der Waals surface area contributed by atoms with E-state index in [1.165, 1.54) is 6.42 Å². The summed E-state index contributed by atoms with van der Waals surface area (Å²) in [6.45, 7) is 1.70. The molecule has 17 heavy (non-hydrogen) atoms. The summed E-state index contributed by atoms with van der Waals surface area (Å²) in [6.07, 6.45) is 2.35. The lowest BCUT2D eigenvalue weighted by Crippen LogP contribution is -2.28. The van der Waals surface area contributed by atoms with Crippen molar-refractivity contribution in [2.75, 3.05) is 20.3 Å². The molecule has 1 saturated heterocycles. The van der Waals surface area contributed by atoms with Crippen LogP contribution in [0.25, 0.3) is 0 Å². The summed E-state index contributed by atoms with van der Waals surface area (Å²) < 4.78 is 10.8. The molecule has 1 fully saturated rings. The molecule has 0 saturated carbocycles. The standard InChI is InChI=1S/C13H16N2O2/c1-16-12-5-10(8-14)6-13(7-12)17-9-11-3-2-4-15-11/h5-7,11,15H,2-4,9H2,1H3/t11-/m1/s1. The highest BCUT2D eigenvalue weighted by Gasteiger charge is 2.14. The lowest BCUT2D eigenvalue weighted by atomic mass is 10.2. The number of ether oxygens (including phenoxy) is 2. The Morgan fingerprint density at radius 1 is 1.41 bits per heavy atom. The van der Waals surface area contributed by atoms with Crippen LogP contribution < -0.4 is 14.8 Å². The smallest absolute Gasteiger partial charge is 0.124 e. The van der Waals surface area contributed by atoms with Crippen molar-refractivity contribution in [1.29, 1.82) is 5.26 Å². The second-order valence-electron chi connectivity index (χ2n) is 4.11. The van der Waals surface area contributed by atoms with Gasteiger partial charge in [0.25, 0.3) is 0 Å². The topological polar surface area (TPSA) is 54.3 Å². The van der Waals surface area contributed by atoms with Crippen molar-refractivity contribution in [1.82, 2.24) is 5.32 Å². The minimum atomic E-state index is 0.423. The zero-order chi connectivity index (χ0) is 12.1. The molecule has 90 valence electrons. The first-order valence-electron chi connectivity index (χ1n) is 5.77. The van der Waals surface area contributed by atoms with Gasteiger partial charge in [-0.3, -0.25) is 0 Å². The summed E-state index contributed by atoms with van der Waals surface area (Å²) in [5.74, 6) is 1.34. The number of hydrogen-bond donors (Lipinski definition) is 1. The molecule has 4 nitrogen and oxygen atoms in total. The maximum atomic E-state index is 8.89. The summed E-state index contributed by atoms with van der Waals surface area (Å²) >= 11 is 0. The molecule has 0 aromatic heterocycles. The molecular weight excluding hydrogens is 216 g/mol. The monoisotopic (exact) mass is 232 g/mol. The Kier molecular flexibility index (Phi) is 3.84. The molecule has 1 aromatic rings. The van der Waals surface area contributed by atoms with Gasteiger partial charge in [0.05, 0.1) is 18.7 Å². The van der Waals surface area contributed by atoms with Crippen molar-refractivity contribution in [3.05, 3.63) is 23.8 Å². The van der Waals surface area contributed by atoms with Gasteiger partial charge >= 0.3 is 0 Å². The van der Waals surface area contributed by atoms with Crippen LogP contribution >= 0.6 is 0 Å². The fraction of sp³-hybridized carbons (Fsp3) is 0.462. The third kappa shape index (κ3) is 3.11. The second kappa shape index (κ2) is 5.55. The first kappa shape index (κ1) is 11.7. The molecule has 1 heterocycles. The van der Waals surface area contributed by atoms with Gasteiger partial charge in [0, 0.05) is 12.1 Å². The van der Waals surface area contributed by atoms with Gasteiger partial charge in [-0.2, -0.15) is 5.26 Å². The molecular formula is C13H16N2O2. The van der Waals surface area contributed by atoms with Crippen LogP contribution in [0.2, 0.25) is 0 Å². The van der Waals surface area contributed by atoms with E-state index in [4.69, 9.17) is 14.7 Å². The number of nitriles is 1. The number of rotatable bonds is 4. The first-order chi connectivity index (χ1) is 8.31. The lowest BCUT2D eigenvalue weighted by Gasteiger charge is -2.13. The Morgan fingerprint density at radius 2 is 2.24 bits per heavy atom. The quantitative estimate of drug-likeness (QED) is 0.858. The van der Waals surface area contributed by atoms with Gasteiger partial charge in [0.2, 0.25) is 0 Å². The van der Waals surface area contributed by atoms with Crippen LogP contribution in [-0.4, -0.2) is 26.3 Å². The number of hydrogen-bond acceptors (Lipinski definition) is 4. The third-order valence-electron chi connectivity index (χ3n) is 2.86. The van der Waals surface area contributed by atoms with Gasteiger partial charge < -0.3 is 14.8 Å². The molecule has 0 bridgehead atoms. The fourth-order valence-corrected chi connectivity index (χ4v) is 1.93. The molecule has 0 unspecified atom stereocenters. The predicted molar refractivity (Wildman–Crippen MR) is 64.2 cm³/mol. The number of benzene rings is 1. The summed E-state index contributed by atoms with van der Waals surface area (Å²) in [5, 5.41) is 12.3. The van der Waals surface area contributed by atoms with Crippen LogP contribution in [0, 0.1) is 11.3 Å². The summed E-state index contributed by atoms with van der Waals surface area (Å²) in [5.41, 5.74) is 0.554. The SMILES string of the molecule is COc1cc(C#N)cc(OC[C@H]2CCCN2)c1. The van der Waals surface area contributed by atoms with Crippen LogP contribution in [-0.2, 0) is 0 Å². The molecule has 2 rings (SSSR count). The van der Waals surface area contributed by atoms with Crippen molar-refractivity contribution in [3.63, 3.8) is 0 Å². The van der Waals surface area contributed by atoms with Gasteiger partial charge in [0.15, 0.2) is 0 Å². The van der Waals surface area contributed by atoms with Gasteiger partial charge in [-0.1, -0.05) is 0 Å². The highest BCUT2D eigenvalue weighted by atomic mass is 16.5. The number of nitrogens with zero attached hydrogens (tertiary/aromatic N) is 1. The Labute approximate surface area is 101 Å². The third-order valence-corrected chi connectivity index (χ3v) is 2.86. The lowest BCUT2D eigenvalue weighted by molar-refractivity contribution is 0.275. The molecule has 0 aliphatic carbocycles. The summed E-state index contributed by atoms with van der Waals surface area (Å²) in [4.78, 5) is 0. The average Bonchev–Trinajstić information content (AvgIpc) is 2.89. The van der Waals surface area contributed by atoms with Gasteiger partial charge in [-0.25, -0.2) is 0 Å². The van der Waals surface area contributed by atoms with Crippen molar-refractivity contribution >= 4 is 0 Å². The van der Waals surface area contributed by atoms with E-state index in [1.807, 2.05) is 0 Å². The zero-order valence-electron chi connectivity index (χ0n) is 9.90. The molecule has 1 aromatic carbocycles. The van der Waals surface area contributed by atoms with Gasteiger partial charge in [-0.15, -0.1) is 0 Å². The minimum absolute atomic E-state index is 0.423. The van der Waals surface area contributed by atoms with E-state index in [-0.39, 0.29) is 0 Å². The highest BCUT2D eigenvalue weighted by Crippen LogP contribution is 2.22. The molecule has 4 heteroatoms. The van der Waals surface area contributed by atoms with Crippen molar-refractivity contribution in [3.8, 4) is 17.6 Å². The van der Waals surface area contributed by atoms with E-state index in [0.29, 0.717) is 29.7 Å². The Balaban J connectivity index is 2.01. The molecule has 1 N–H and O–H groups in total. The highest BCUT2D eigenvalue weighted by molar-refractivity contribution is 5.43. The van der Waals surface area contributed by atoms with Crippen LogP contribution in [0.15, 0.2) is 18.2 Å². The van der Waals surface area contributed by atoms with E-state index < -0.39 is 0 Å². The molecule has 0 amide bonds. The van der Waals surface area contributed by atoms with Crippen molar-refractivity contribution in [2.24, 2.45) is 0 Å². The summed E-state index contributed by atoms with van der Waals surface area (Å²) in [6, 6.07) is 7.75. The second-order valence-corrected chi connectivity index (χ2v) is 4.11. The largest absolute Gasteiger partial charge is 0.497 e. The molecule has 0 radical (unpaired) electrons. The predicted octanol–water partition coefficient (Wildman–Crippen LogP) is 1.70. The van der Waals surface area contributed by atoms with Crippen LogP contribution in [0.5, 0.6) is 11.5 Å². The Hall–Kier alpha value is -1.73. The minimum Gasteiger partial charge on any atom is -0.497 e. The van der Waals surface area contributed by atoms with Crippen molar-refractivity contribution in [2.45, 2.75) is 18.9 Å². The van der Waals surface area contributed by atoms with E-state index in [1.54, 1.807) is 25.3 Å². The van der Waals surface area contributed by atoms with Crippen LogP contribution in [0.1, 0.15) is 18.4 Å². The molecule has 1 aliphatic rings. The summed E-state index contributed by atoms with van der Waals surface area (Å²) in [7, 11) is 1.58. The van der Waals surface area contributed by atoms with Gasteiger partial charge in [-0.05, 0) is 31.5 Å². The normalized spacial score (nSPS) is 18.7. The maximum Gasteiger partial charge on any atom is 0.124 e. The number of methoxy groups -OCH3 is 1.